The zero-order chi connectivity index (χ0) is 8.27. The summed E-state index contributed by atoms with van der Waals surface area (Å²) in [7, 11) is 0. The van der Waals surface area contributed by atoms with Crippen molar-refractivity contribution < 1.29 is 0 Å². The second kappa shape index (κ2) is 3.59. The van der Waals surface area contributed by atoms with Crippen molar-refractivity contribution in [3.63, 3.8) is 0 Å². The highest BCUT2D eigenvalue weighted by Gasteiger charge is 2.01. The maximum Gasteiger partial charge on any atom is 0.124 e. The average Bonchev–Trinajstić information content (AvgIpc) is 2.05. The third-order valence-corrected chi connectivity index (χ3v) is 1.65. The number of halogens is 1. The SMILES string of the molecule is C=CC(N)c1cnc(Br)cn1. The standard InChI is InChI=1S/C7H8BrN3/c1-2-5(9)6-3-11-7(8)4-10-6/h2-5H,1,9H2. The summed E-state index contributed by atoms with van der Waals surface area (Å²) in [5.41, 5.74) is 6.33. The average molecular weight is 214 g/mol. The Morgan fingerprint density at radius 2 is 2.27 bits per heavy atom. The molecule has 11 heavy (non-hydrogen) atoms. The maximum absolute atomic E-state index is 5.61. The zero-order valence-electron chi connectivity index (χ0n) is 5.87. The molecule has 1 heterocycles. The van der Waals surface area contributed by atoms with E-state index in [1.165, 1.54) is 0 Å². The van der Waals surface area contributed by atoms with E-state index in [9.17, 15) is 0 Å². The molecular formula is C7H8BrN3. The molecule has 0 aliphatic heterocycles. The highest BCUT2D eigenvalue weighted by molar-refractivity contribution is 9.10. The van der Waals surface area contributed by atoms with Crippen molar-refractivity contribution in [2.75, 3.05) is 0 Å². The van der Waals surface area contributed by atoms with Gasteiger partial charge in [0.25, 0.3) is 0 Å². The van der Waals surface area contributed by atoms with E-state index in [1.54, 1.807) is 18.5 Å². The Morgan fingerprint density at radius 3 is 2.73 bits per heavy atom. The van der Waals surface area contributed by atoms with E-state index in [4.69, 9.17) is 5.73 Å². The van der Waals surface area contributed by atoms with Gasteiger partial charge in [0.2, 0.25) is 0 Å². The van der Waals surface area contributed by atoms with Gasteiger partial charge >= 0.3 is 0 Å². The van der Waals surface area contributed by atoms with E-state index in [0.29, 0.717) is 4.60 Å². The molecule has 4 heteroatoms. The predicted octanol–water partition coefficient (Wildman–Crippen LogP) is 1.42. The lowest BCUT2D eigenvalue weighted by Gasteiger charge is -2.02. The summed E-state index contributed by atoms with van der Waals surface area (Å²) >= 11 is 3.18. The van der Waals surface area contributed by atoms with Gasteiger partial charge in [0.15, 0.2) is 0 Å². The quantitative estimate of drug-likeness (QED) is 0.757. The summed E-state index contributed by atoms with van der Waals surface area (Å²) < 4.78 is 0.706. The van der Waals surface area contributed by atoms with Crippen molar-refractivity contribution in [2.24, 2.45) is 5.73 Å². The van der Waals surface area contributed by atoms with E-state index in [1.807, 2.05) is 0 Å². The Labute approximate surface area is 73.5 Å². The van der Waals surface area contributed by atoms with Gasteiger partial charge in [-0.25, -0.2) is 4.98 Å². The molecule has 0 aliphatic carbocycles. The molecule has 0 amide bonds. The Hall–Kier alpha value is -0.740. The summed E-state index contributed by atoms with van der Waals surface area (Å²) in [5.74, 6) is 0. The minimum absolute atomic E-state index is 0.226. The summed E-state index contributed by atoms with van der Waals surface area (Å²) in [6.07, 6.45) is 4.85. The lowest BCUT2D eigenvalue weighted by Crippen LogP contribution is -2.08. The van der Waals surface area contributed by atoms with E-state index in [0.717, 1.165) is 5.69 Å². The smallest absolute Gasteiger partial charge is 0.124 e. The van der Waals surface area contributed by atoms with Crippen molar-refractivity contribution in [2.45, 2.75) is 6.04 Å². The second-order valence-corrected chi connectivity index (χ2v) is 2.84. The van der Waals surface area contributed by atoms with Gasteiger partial charge in [-0.3, -0.25) is 4.98 Å². The molecule has 0 aromatic carbocycles. The Balaban J connectivity index is 2.89. The zero-order valence-corrected chi connectivity index (χ0v) is 7.45. The first kappa shape index (κ1) is 8.36. The van der Waals surface area contributed by atoms with Crippen LogP contribution in [0.2, 0.25) is 0 Å². The van der Waals surface area contributed by atoms with Gasteiger partial charge in [0, 0.05) is 0 Å². The second-order valence-electron chi connectivity index (χ2n) is 2.03. The molecule has 2 N–H and O–H groups in total. The summed E-state index contributed by atoms with van der Waals surface area (Å²) in [4.78, 5) is 8.02. The van der Waals surface area contributed by atoms with Gasteiger partial charge in [-0.15, -0.1) is 6.58 Å². The van der Waals surface area contributed by atoms with Crippen molar-refractivity contribution in [3.8, 4) is 0 Å². The number of aromatic nitrogens is 2. The molecule has 0 fully saturated rings. The lowest BCUT2D eigenvalue weighted by molar-refractivity contribution is 0.847. The molecule has 58 valence electrons. The monoisotopic (exact) mass is 213 g/mol. The van der Waals surface area contributed by atoms with Crippen molar-refractivity contribution in [1.29, 1.82) is 0 Å². The fraction of sp³-hybridized carbons (Fsp3) is 0.143. The fourth-order valence-corrected chi connectivity index (χ4v) is 0.820. The number of rotatable bonds is 2. The normalized spacial score (nSPS) is 12.5. The first-order valence-corrected chi connectivity index (χ1v) is 3.89. The number of nitrogens with zero attached hydrogens (tertiary/aromatic N) is 2. The summed E-state index contributed by atoms with van der Waals surface area (Å²) in [6.45, 7) is 3.55. The van der Waals surface area contributed by atoms with Crippen molar-refractivity contribution >= 4 is 15.9 Å². The van der Waals surface area contributed by atoms with Crippen molar-refractivity contribution in [3.05, 3.63) is 35.3 Å². The van der Waals surface area contributed by atoms with Crippen LogP contribution in [0.15, 0.2) is 29.7 Å². The van der Waals surface area contributed by atoms with Crippen LogP contribution in [0.1, 0.15) is 11.7 Å². The molecule has 1 unspecified atom stereocenters. The predicted molar refractivity (Wildman–Crippen MR) is 46.9 cm³/mol. The van der Waals surface area contributed by atoms with Gasteiger partial charge < -0.3 is 5.73 Å². The van der Waals surface area contributed by atoms with Gasteiger partial charge in [-0.1, -0.05) is 6.08 Å². The summed E-state index contributed by atoms with van der Waals surface area (Å²) in [5, 5.41) is 0. The molecule has 1 rings (SSSR count). The third-order valence-electron chi connectivity index (χ3n) is 1.24. The van der Waals surface area contributed by atoms with Crippen LogP contribution in [0, 0.1) is 0 Å². The number of nitrogens with two attached hydrogens (primary N) is 1. The van der Waals surface area contributed by atoms with Gasteiger partial charge in [0.1, 0.15) is 4.60 Å². The largest absolute Gasteiger partial charge is 0.319 e. The van der Waals surface area contributed by atoms with Crippen LogP contribution in [0.25, 0.3) is 0 Å². The number of hydrogen-bond acceptors (Lipinski definition) is 3. The molecule has 1 atom stereocenters. The van der Waals surface area contributed by atoms with E-state index in [-0.39, 0.29) is 6.04 Å². The van der Waals surface area contributed by atoms with E-state index >= 15 is 0 Å². The van der Waals surface area contributed by atoms with E-state index in [2.05, 4.69) is 32.5 Å². The lowest BCUT2D eigenvalue weighted by atomic mass is 10.2. The Bertz CT molecular complexity index is 244. The Morgan fingerprint density at radius 1 is 1.55 bits per heavy atom. The molecule has 3 nitrogen and oxygen atoms in total. The van der Waals surface area contributed by atoms with Crippen LogP contribution in [0.4, 0.5) is 0 Å². The minimum atomic E-state index is -0.226. The molecule has 1 aromatic rings. The van der Waals surface area contributed by atoms with Crippen LogP contribution in [0.3, 0.4) is 0 Å². The highest BCUT2D eigenvalue weighted by atomic mass is 79.9. The van der Waals surface area contributed by atoms with Gasteiger partial charge in [0.05, 0.1) is 24.1 Å². The van der Waals surface area contributed by atoms with Crippen LogP contribution < -0.4 is 5.73 Å². The fourth-order valence-electron chi connectivity index (χ4n) is 0.615. The Kier molecular flexibility index (Phi) is 2.73. The topological polar surface area (TPSA) is 51.8 Å². The van der Waals surface area contributed by atoms with Crippen molar-refractivity contribution in [1.82, 2.24) is 9.97 Å². The highest BCUT2D eigenvalue weighted by Crippen LogP contribution is 2.08. The molecular weight excluding hydrogens is 206 g/mol. The third kappa shape index (κ3) is 2.10. The maximum atomic E-state index is 5.61. The first-order chi connectivity index (χ1) is 5.24. The van der Waals surface area contributed by atoms with Crippen LogP contribution in [0.5, 0.6) is 0 Å². The molecule has 0 radical (unpaired) electrons. The van der Waals surface area contributed by atoms with Gasteiger partial charge in [-0.2, -0.15) is 0 Å². The number of hydrogen-bond donors (Lipinski definition) is 1. The van der Waals surface area contributed by atoms with Crippen LogP contribution in [-0.2, 0) is 0 Å². The minimum Gasteiger partial charge on any atom is -0.319 e. The first-order valence-electron chi connectivity index (χ1n) is 3.09. The molecule has 0 aliphatic rings. The molecule has 0 spiro atoms. The van der Waals surface area contributed by atoms with Crippen LogP contribution in [-0.4, -0.2) is 9.97 Å². The van der Waals surface area contributed by atoms with E-state index < -0.39 is 0 Å². The molecule has 0 saturated carbocycles. The van der Waals surface area contributed by atoms with Crippen LogP contribution >= 0.6 is 15.9 Å². The molecule has 0 saturated heterocycles. The van der Waals surface area contributed by atoms with Gasteiger partial charge in [-0.05, 0) is 15.9 Å². The molecule has 0 bridgehead atoms. The molecule has 1 aromatic heterocycles. The summed E-state index contributed by atoms with van der Waals surface area (Å²) in [6, 6.07) is -0.226.